The fraction of sp³-hybridized carbons (Fsp3) is 0.556. The van der Waals surface area contributed by atoms with Gasteiger partial charge in [0.05, 0.1) is 12.1 Å². The van der Waals surface area contributed by atoms with Crippen LogP contribution in [0.3, 0.4) is 0 Å². The van der Waals surface area contributed by atoms with Crippen LogP contribution in [0, 0.1) is 0 Å². The van der Waals surface area contributed by atoms with Crippen LogP contribution in [0.4, 0.5) is 0 Å². The molecular weight excluding hydrogens is 264 g/mol. The molecule has 14 heavy (non-hydrogen) atoms. The minimum Gasteiger partial charge on any atom is -0.377 e. The molecule has 0 amide bonds. The van der Waals surface area contributed by atoms with Gasteiger partial charge in [-0.25, -0.2) is 0 Å². The number of rotatable bonds is 5. The smallest absolute Gasteiger partial charge is 0.0755 e. The molecule has 80 valence electrons. The Hall–Kier alpha value is 0.0600. The number of halogens is 1. The molecule has 0 aromatic carbocycles. The van der Waals surface area contributed by atoms with Crippen LogP contribution >= 0.6 is 27.3 Å². The van der Waals surface area contributed by atoms with E-state index in [-0.39, 0.29) is 12.1 Å². The van der Waals surface area contributed by atoms with Crippen molar-refractivity contribution >= 4 is 27.3 Å². The molecule has 0 saturated carbocycles. The van der Waals surface area contributed by atoms with Crippen LogP contribution in [-0.2, 0) is 4.74 Å². The zero-order chi connectivity index (χ0) is 10.6. The van der Waals surface area contributed by atoms with Crippen LogP contribution in [0.25, 0.3) is 0 Å². The van der Waals surface area contributed by atoms with Crippen LogP contribution in [0.1, 0.15) is 25.5 Å². The number of thiophene rings is 1. The normalized spacial score (nSPS) is 15.4. The van der Waals surface area contributed by atoms with Crippen molar-refractivity contribution in [2.45, 2.75) is 26.0 Å². The number of hydrogen-bond donors (Lipinski definition) is 2. The summed E-state index contributed by atoms with van der Waals surface area (Å²) in [7, 11) is 0. The van der Waals surface area contributed by atoms with Crippen molar-refractivity contribution in [3.8, 4) is 0 Å². The van der Waals surface area contributed by atoms with E-state index in [1.807, 2.05) is 19.2 Å². The van der Waals surface area contributed by atoms with E-state index in [0.717, 1.165) is 10.0 Å². The average molecular weight is 279 g/mol. The van der Waals surface area contributed by atoms with Gasteiger partial charge in [-0.3, -0.25) is 11.3 Å². The average Bonchev–Trinajstić information content (AvgIpc) is 2.54. The third-order valence-electron chi connectivity index (χ3n) is 2.06. The van der Waals surface area contributed by atoms with Crippen molar-refractivity contribution in [2.75, 3.05) is 6.61 Å². The summed E-state index contributed by atoms with van der Waals surface area (Å²) in [5.74, 6) is 5.52. The summed E-state index contributed by atoms with van der Waals surface area (Å²) in [5.41, 5.74) is 3.93. The molecule has 2 atom stereocenters. The van der Waals surface area contributed by atoms with Gasteiger partial charge in [0.1, 0.15) is 0 Å². The molecule has 0 bridgehead atoms. The quantitative estimate of drug-likeness (QED) is 0.643. The second-order valence-corrected chi connectivity index (χ2v) is 4.58. The lowest BCUT2D eigenvalue weighted by Gasteiger charge is -2.22. The maximum absolute atomic E-state index is 5.52. The molecule has 0 saturated heterocycles. The van der Waals surface area contributed by atoms with Gasteiger partial charge < -0.3 is 4.74 Å². The lowest BCUT2D eigenvalue weighted by molar-refractivity contribution is 0.0472. The van der Waals surface area contributed by atoms with Crippen LogP contribution in [0.5, 0.6) is 0 Å². The molecule has 0 radical (unpaired) electrons. The standard InChI is InChI=1S/C9H15BrN2OS/c1-3-13-6(2)9(12-11)7-4-14-5-8(7)10/h4-6,9,12H,3,11H2,1-2H3. The summed E-state index contributed by atoms with van der Waals surface area (Å²) < 4.78 is 6.60. The highest BCUT2D eigenvalue weighted by Gasteiger charge is 2.20. The Kier molecular flexibility index (Phi) is 5.05. The zero-order valence-electron chi connectivity index (χ0n) is 8.29. The molecule has 0 aliphatic carbocycles. The van der Waals surface area contributed by atoms with Gasteiger partial charge >= 0.3 is 0 Å². The summed E-state index contributed by atoms with van der Waals surface area (Å²) in [4.78, 5) is 0. The Balaban J connectivity index is 2.76. The third-order valence-corrected chi connectivity index (χ3v) is 3.81. The summed E-state index contributed by atoms with van der Waals surface area (Å²) in [6.07, 6.45) is 0.0656. The molecule has 1 aromatic rings. The fourth-order valence-corrected chi connectivity index (χ4v) is 2.93. The second kappa shape index (κ2) is 5.82. The number of hydrazine groups is 1. The van der Waals surface area contributed by atoms with E-state index in [0.29, 0.717) is 6.61 Å². The van der Waals surface area contributed by atoms with E-state index < -0.39 is 0 Å². The second-order valence-electron chi connectivity index (χ2n) is 2.98. The van der Waals surface area contributed by atoms with Crippen molar-refractivity contribution in [2.24, 2.45) is 5.84 Å². The van der Waals surface area contributed by atoms with Crippen LogP contribution in [0.15, 0.2) is 15.2 Å². The molecule has 3 nitrogen and oxygen atoms in total. The highest BCUT2D eigenvalue weighted by Crippen LogP contribution is 2.29. The monoisotopic (exact) mass is 278 g/mol. The first kappa shape index (κ1) is 12.1. The molecule has 0 fully saturated rings. The largest absolute Gasteiger partial charge is 0.377 e. The molecule has 1 aromatic heterocycles. The number of ether oxygens (including phenoxy) is 1. The van der Waals surface area contributed by atoms with E-state index >= 15 is 0 Å². The Morgan fingerprint density at radius 2 is 2.36 bits per heavy atom. The van der Waals surface area contributed by atoms with Crippen molar-refractivity contribution in [3.63, 3.8) is 0 Å². The SMILES string of the molecule is CCOC(C)C(NN)c1cscc1Br. The molecular formula is C9H15BrN2OS. The molecule has 0 spiro atoms. The predicted octanol–water partition coefficient (Wildman–Crippen LogP) is 2.44. The van der Waals surface area contributed by atoms with Gasteiger partial charge in [0.25, 0.3) is 0 Å². The van der Waals surface area contributed by atoms with Gasteiger partial charge in [0.15, 0.2) is 0 Å². The highest BCUT2D eigenvalue weighted by atomic mass is 79.9. The van der Waals surface area contributed by atoms with Crippen molar-refractivity contribution < 1.29 is 4.74 Å². The van der Waals surface area contributed by atoms with Gasteiger partial charge in [-0.2, -0.15) is 11.3 Å². The predicted molar refractivity (Wildman–Crippen MR) is 63.2 cm³/mol. The Morgan fingerprint density at radius 1 is 1.64 bits per heavy atom. The summed E-state index contributed by atoms with van der Waals surface area (Å²) in [6.45, 7) is 4.69. The Morgan fingerprint density at radius 3 is 2.79 bits per heavy atom. The van der Waals surface area contributed by atoms with Gasteiger partial charge in [0, 0.05) is 16.5 Å². The van der Waals surface area contributed by atoms with Gasteiger partial charge in [0.2, 0.25) is 0 Å². The topological polar surface area (TPSA) is 47.3 Å². The van der Waals surface area contributed by atoms with E-state index in [9.17, 15) is 0 Å². The first-order chi connectivity index (χ1) is 6.70. The lowest BCUT2D eigenvalue weighted by Crippen LogP contribution is -2.36. The molecule has 2 unspecified atom stereocenters. The van der Waals surface area contributed by atoms with E-state index in [2.05, 4.69) is 26.7 Å². The van der Waals surface area contributed by atoms with E-state index in [4.69, 9.17) is 10.6 Å². The van der Waals surface area contributed by atoms with Gasteiger partial charge in [-0.05, 0) is 40.7 Å². The summed E-state index contributed by atoms with van der Waals surface area (Å²) >= 11 is 5.13. The molecule has 1 rings (SSSR count). The molecule has 0 aliphatic rings. The lowest BCUT2D eigenvalue weighted by atomic mass is 10.1. The van der Waals surface area contributed by atoms with Crippen molar-refractivity contribution in [1.82, 2.24) is 5.43 Å². The minimum atomic E-state index is 0.0376. The maximum Gasteiger partial charge on any atom is 0.0755 e. The zero-order valence-corrected chi connectivity index (χ0v) is 10.7. The highest BCUT2D eigenvalue weighted by molar-refractivity contribution is 9.10. The van der Waals surface area contributed by atoms with Crippen LogP contribution in [0.2, 0.25) is 0 Å². The van der Waals surface area contributed by atoms with Crippen molar-refractivity contribution in [1.29, 1.82) is 0 Å². The Labute approximate surface area is 96.7 Å². The van der Waals surface area contributed by atoms with Crippen molar-refractivity contribution in [3.05, 3.63) is 20.8 Å². The van der Waals surface area contributed by atoms with E-state index in [1.54, 1.807) is 11.3 Å². The first-order valence-electron chi connectivity index (χ1n) is 4.50. The van der Waals surface area contributed by atoms with E-state index in [1.165, 1.54) is 0 Å². The van der Waals surface area contributed by atoms with Gasteiger partial charge in [-0.15, -0.1) is 0 Å². The molecule has 5 heteroatoms. The first-order valence-corrected chi connectivity index (χ1v) is 6.23. The third kappa shape index (κ3) is 2.77. The summed E-state index contributed by atoms with van der Waals surface area (Å²) in [5, 5.41) is 4.11. The van der Waals surface area contributed by atoms with Crippen LogP contribution in [-0.4, -0.2) is 12.7 Å². The molecule has 1 heterocycles. The molecule has 0 aliphatic heterocycles. The Bertz CT molecular complexity index is 280. The summed E-state index contributed by atoms with van der Waals surface area (Å²) in [6, 6.07) is 0.0376. The fourth-order valence-electron chi connectivity index (χ4n) is 1.35. The molecule has 3 N–H and O–H groups in total. The number of hydrogen-bond acceptors (Lipinski definition) is 4. The van der Waals surface area contributed by atoms with Crippen LogP contribution < -0.4 is 11.3 Å². The number of nitrogens with two attached hydrogens (primary N) is 1. The minimum absolute atomic E-state index is 0.0376. The van der Waals surface area contributed by atoms with Gasteiger partial charge in [-0.1, -0.05) is 0 Å². The number of nitrogens with one attached hydrogen (secondary N) is 1. The maximum atomic E-state index is 5.52.